The van der Waals surface area contributed by atoms with E-state index in [1.807, 2.05) is 11.0 Å². The monoisotopic (exact) mass is 358 g/mol. The summed E-state index contributed by atoms with van der Waals surface area (Å²) < 4.78 is 10.5. The lowest BCUT2D eigenvalue weighted by molar-refractivity contribution is 0.0754. The summed E-state index contributed by atoms with van der Waals surface area (Å²) in [7, 11) is 3.17. The van der Waals surface area contributed by atoms with Gasteiger partial charge in [-0.15, -0.1) is 0 Å². The molecule has 1 N–H and O–H groups in total. The highest BCUT2D eigenvalue weighted by molar-refractivity contribution is 5.93. The van der Waals surface area contributed by atoms with Crippen molar-refractivity contribution in [1.29, 1.82) is 0 Å². The van der Waals surface area contributed by atoms with Gasteiger partial charge in [-0.2, -0.15) is 0 Å². The summed E-state index contributed by atoms with van der Waals surface area (Å²) in [5.74, 6) is 1.63. The van der Waals surface area contributed by atoms with Gasteiger partial charge in [0.1, 0.15) is 0 Å². The van der Waals surface area contributed by atoms with E-state index in [4.69, 9.17) is 9.47 Å². The van der Waals surface area contributed by atoms with Gasteiger partial charge in [0, 0.05) is 37.2 Å². The number of rotatable bonds is 9. The molecule has 7 nitrogen and oxygen atoms in total. The number of benzene rings is 1. The van der Waals surface area contributed by atoms with E-state index < -0.39 is 0 Å². The van der Waals surface area contributed by atoms with Gasteiger partial charge in [-0.05, 0) is 25.0 Å². The Bertz CT molecular complexity index is 713. The van der Waals surface area contributed by atoms with Crippen molar-refractivity contribution in [1.82, 2.24) is 14.9 Å². The Labute approximate surface area is 154 Å². The van der Waals surface area contributed by atoms with E-state index in [1.165, 1.54) is 0 Å². The SMILES string of the molecule is CCCN(CCC)C(=O)c1cnc(Nc2ccc(OC)c(OC)c2)nc1. The van der Waals surface area contributed by atoms with E-state index in [-0.39, 0.29) is 5.91 Å². The molecule has 0 aliphatic rings. The van der Waals surface area contributed by atoms with Gasteiger partial charge in [0.05, 0.1) is 19.8 Å². The van der Waals surface area contributed by atoms with Crippen LogP contribution in [-0.2, 0) is 0 Å². The Balaban J connectivity index is 2.10. The zero-order chi connectivity index (χ0) is 18.9. The summed E-state index contributed by atoms with van der Waals surface area (Å²) in [5, 5.41) is 3.09. The molecule has 0 radical (unpaired) electrons. The number of amides is 1. The van der Waals surface area contributed by atoms with Gasteiger partial charge in [-0.1, -0.05) is 13.8 Å². The third kappa shape index (κ3) is 4.84. The van der Waals surface area contributed by atoms with E-state index in [1.54, 1.807) is 38.7 Å². The highest BCUT2D eigenvalue weighted by Gasteiger charge is 2.15. The highest BCUT2D eigenvalue weighted by atomic mass is 16.5. The molecule has 2 rings (SSSR count). The van der Waals surface area contributed by atoms with Gasteiger partial charge in [0.15, 0.2) is 11.5 Å². The third-order valence-electron chi connectivity index (χ3n) is 3.81. The van der Waals surface area contributed by atoms with Gasteiger partial charge in [0.25, 0.3) is 5.91 Å². The maximum atomic E-state index is 12.5. The first kappa shape index (κ1) is 19.5. The second-order valence-electron chi connectivity index (χ2n) is 5.78. The highest BCUT2D eigenvalue weighted by Crippen LogP contribution is 2.30. The van der Waals surface area contributed by atoms with E-state index in [2.05, 4.69) is 29.1 Å². The van der Waals surface area contributed by atoms with Crippen LogP contribution in [0.25, 0.3) is 0 Å². The van der Waals surface area contributed by atoms with Crippen molar-refractivity contribution in [3.05, 3.63) is 36.2 Å². The van der Waals surface area contributed by atoms with Crippen molar-refractivity contribution < 1.29 is 14.3 Å². The van der Waals surface area contributed by atoms with Crippen LogP contribution in [-0.4, -0.2) is 48.1 Å². The van der Waals surface area contributed by atoms with E-state index >= 15 is 0 Å². The van der Waals surface area contributed by atoms with Gasteiger partial charge >= 0.3 is 0 Å². The predicted octanol–water partition coefficient (Wildman–Crippen LogP) is 3.50. The lowest BCUT2D eigenvalue weighted by Gasteiger charge is -2.21. The minimum absolute atomic E-state index is 0.0358. The standard InChI is InChI=1S/C19H26N4O3/c1-5-9-23(10-6-2)18(24)14-12-20-19(21-13-14)22-15-7-8-16(25-3)17(11-15)26-4/h7-8,11-13H,5-6,9-10H2,1-4H3,(H,20,21,22). The third-order valence-corrected chi connectivity index (χ3v) is 3.81. The topological polar surface area (TPSA) is 76.6 Å². The summed E-state index contributed by atoms with van der Waals surface area (Å²) in [6.45, 7) is 5.59. The van der Waals surface area contributed by atoms with Crippen molar-refractivity contribution in [2.24, 2.45) is 0 Å². The number of hydrogen-bond acceptors (Lipinski definition) is 6. The van der Waals surface area contributed by atoms with Crippen LogP contribution in [0.3, 0.4) is 0 Å². The first-order valence-corrected chi connectivity index (χ1v) is 8.73. The van der Waals surface area contributed by atoms with Crippen molar-refractivity contribution in [2.45, 2.75) is 26.7 Å². The molecule has 26 heavy (non-hydrogen) atoms. The minimum atomic E-state index is -0.0358. The lowest BCUT2D eigenvalue weighted by atomic mass is 10.2. The molecule has 0 aliphatic heterocycles. The number of methoxy groups -OCH3 is 2. The first-order chi connectivity index (χ1) is 12.6. The van der Waals surface area contributed by atoms with Crippen LogP contribution >= 0.6 is 0 Å². The van der Waals surface area contributed by atoms with Gasteiger partial charge in [0.2, 0.25) is 5.95 Å². The van der Waals surface area contributed by atoms with Crippen molar-refractivity contribution in [3.8, 4) is 11.5 Å². The lowest BCUT2D eigenvalue weighted by Crippen LogP contribution is -2.32. The number of carbonyl (C=O) groups is 1. The molecule has 0 atom stereocenters. The molecule has 1 aromatic carbocycles. The van der Waals surface area contributed by atoms with Crippen LogP contribution in [0.5, 0.6) is 11.5 Å². The average Bonchev–Trinajstić information content (AvgIpc) is 2.67. The summed E-state index contributed by atoms with van der Waals surface area (Å²) >= 11 is 0. The van der Waals surface area contributed by atoms with Gasteiger partial charge < -0.3 is 19.7 Å². The van der Waals surface area contributed by atoms with Crippen molar-refractivity contribution in [2.75, 3.05) is 32.6 Å². The number of nitrogens with zero attached hydrogens (tertiary/aromatic N) is 3. The Morgan fingerprint density at radius 3 is 2.19 bits per heavy atom. The fourth-order valence-electron chi connectivity index (χ4n) is 2.58. The van der Waals surface area contributed by atoms with Gasteiger partial charge in [-0.3, -0.25) is 4.79 Å². The molecule has 0 bridgehead atoms. The van der Waals surface area contributed by atoms with Crippen LogP contribution in [0, 0.1) is 0 Å². The molecule has 0 saturated carbocycles. The zero-order valence-corrected chi connectivity index (χ0v) is 15.8. The van der Waals surface area contributed by atoms with Crippen LogP contribution < -0.4 is 14.8 Å². The fraction of sp³-hybridized carbons (Fsp3) is 0.421. The second-order valence-corrected chi connectivity index (χ2v) is 5.78. The zero-order valence-electron chi connectivity index (χ0n) is 15.8. The molecule has 1 heterocycles. The Morgan fingerprint density at radius 1 is 1.04 bits per heavy atom. The first-order valence-electron chi connectivity index (χ1n) is 8.73. The molecule has 1 amide bonds. The molecular formula is C19H26N4O3. The van der Waals surface area contributed by atoms with Crippen LogP contribution in [0.1, 0.15) is 37.0 Å². The maximum absolute atomic E-state index is 12.5. The fourth-order valence-corrected chi connectivity index (χ4v) is 2.58. The molecule has 0 fully saturated rings. The molecule has 0 spiro atoms. The van der Waals surface area contributed by atoms with E-state index in [0.29, 0.717) is 23.0 Å². The molecule has 1 aromatic heterocycles. The van der Waals surface area contributed by atoms with Gasteiger partial charge in [-0.25, -0.2) is 9.97 Å². The smallest absolute Gasteiger partial charge is 0.256 e. The molecule has 0 unspecified atom stereocenters. The number of ether oxygens (including phenoxy) is 2. The number of carbonyl (C=O) groups excluding carboxylic acids is 1. The number of hydrogen-bond donors (Lipinski definition) is 1. The number of aromatic nitrogens is 2. The molecule has 7 heteroatoms. The molecule has 0 saturated heterocycles. The number of anilines is 2. The minimum Gasteiger partial charge on any atom is -0.493 e. The average molecular weight is 358 g/mol. The van der Waals surface area contributed by atoms with E-state index in [9.17, 15) is 4.79 Å². The second kappa shape index (κ2) is 9.60. The normalized spacial score (nSPS) is 10.3. The molecule has 2 aromatic rings. The van der Waals surface area contributed by atoms with Crippen LogP contribution in [0.15, 0.2) is 30.6 Å². The summed E-state index contributed by atoms with van der Waals surface area (Å²) in [6.07, 6.45) is 4.95. The molecule has 0 aliphatic carbocycles. The quantitative estimate of drug-likeness (QED) is 0.739. The van der Waals surface area contributed by atoms with E-state index in [0.717, 1.165) is 31.6 Å². The van der Waals surface area contributed by atoms with Crippen LogP contribution in [0.4, 0.5) is 11.6 Å². The Morgan fingerprint density at radius 2 is 1.65 bits per heavy atom. The predicted molar refractivity (Wildman–Crippen MR) is 101 cm³/mol. The molecule has 140 valence electrons. The summed E-state index contributed by atoms with van der Waals surface area (Å²) in [5.41, 5.74) is 1.25. The van der Waals surface area contributed by atoms with Crippen molar-refractivity contribution >= 4 is 17.5 Å². The number of nitrogens with one attached hydrogen (secondary N) is 1. The van der Waals surface area contributed by atoms with Crippen molar-refractivity contribution in [3.63, 3.8) is 0 Å². The summed E-state index contributed by atoms with van der Waals surface area (Å²) in [6, 6.07) is 5.44. The van der Waals surface area contributed by atoms with Crippen LogP contribution in [0.2, 0.25) is 0 Å². The Hall–Kier alpha value is -2.83. The maximum Gasteiger partial charge on any atom is 0.256 e. The summed E-state index contributed by atoms with van der Waals surface area (Å²) in [4.78, 5) is 22.9. The largest absolute Gasteiger partial charge is 0.493 e. The Kier molecular flexibility index (Phi) is 7.20. The molecular weight excluding hydrogens is 332 g/mol.